The van der Waals surface area contributed by atoms with E-state index in [0.717, 1.165) is 25.0 Å². The van der Waals surface area contributed by atoms with Crippen molar-refractivity contribution in [1.82, 2.24) is 9.88 Å². The van der Waals surface area contributed by atoms with Crippen LogP contribution in [0.3, 0.4) is 0 Å². The molecule has 0 unspecified atom stereocenters. The summed E-state index contributed by atoms with van der Waals surface area (Å²) in [5, 5.41) is 2.09. The SMILES string of the molecule is O=C(Nc1ccc(Cl)cc1C(F)(F)F)c1cc(C(=O)N2CCCC2)ccn1. The number of alkyl halides is 3. The summed E-state index contributed by atoms with van der Waals surface area (Å²) in [5.74, 6) is -1.08. The van der Waals surface area contributed by atoms with Crippen molar-refractivity contribution in [2.45, 2.75) is 19.0 Å². The maximum atomic E-state index is 13.1. The number of halogens is 4. The van der Waals surface area contributed by atoms with Gasteiger partial charge < -0.3 is 10.2 Å². The Morgan fingerprint density at radius 3 is 2.48 bits per heavy atom. The zero-order valence-electron chi connectivity index (χ0n) is 14.0. The predicted octanol–water partition coefficient (Wildman–Crippen LogP) is 4.24. The van der Waals surface area contributed by atoms with Gasteiger partial charge in [0.05, 0.1) is 11.3 Å². The Morgan fingerprint density at radius 2 is 1.81 bits per heavy atom. The minimum absolute atomic E-state index is 0.100. The summed E-state index contributed by atoms with van der Waals surface area (Å²) in [6.07, 6.45) is -1.57. The zero-order valence-corrected chi connectivity index (χ0v) is 14.8. The number of nitrogens with zero attached hydrogens (tertiary/aromatic N) is 2. The summed E-state index contributed by atoms with van der Waals surface area (Å²) < 4.78 is 39.4. The Kier molecular flexibility index (Phi) is 5.36. The molecule has 1 aromatic carbocycles. The fourth-order valence-electron chi connectivity index (χ4n) is 2.84. The van der Waals surface area contributed by atoms with Crippen LogP contribution in [0.2, 0.25) is 5.02 Å². The van der Waals surface area contributed by atoms with Crippen LogP contribution in [0.15, 0.2) is 36.5 Å². The number of rotatable bonds is 3. The lowest BCUT2D eigenvalue weighted by Gasteiger charge is -2.16. The molecule has 0 saturated carbocycles. The minimum atomic E-state index is -4.69. The van der Waals surface area contributed by atoms with Gasteiger partial charge in [-0.05, 0) is 43.2 Å². The molecule has 1 N–H and O–H groups in total. The zero-order chi connectivity index (χ0) is 19.6. The monoisotopic (exact) mass is 397 g/mol. The van der Waals surface area contributed by atoms with Gasteiger partial charge in [-0.2, -0.15) is 13.2 Å². The lowest BCUT2D eigenvalue weighted by molar-refractivity contribution is -0.136. The highest BCUT2D eigenvalue weighted by atomic mass is 35.5. The lowest BCUT2D eigenvalue weighted by Crippen LogP contribution is -2.28. The molecule has 1 saturated heterocycles. The Morgan fingerprint density at radius 1 is 1.11 bits per heavy atom. The molecule has 2 amide bonds. The second-order valence-corrected chi connectivity index (χ2v) is 6.51. The molecule has 142 valence electrons. The summed E-state index contributed by atoms with van der Waals surface area (Å²) in [4.78, 5) is 30.3. The first-order valence-corrected chi connectivity index (χ1v) is 8.57. The number of carbonyl (C=O) groups is 2. The molecule has 1 aromatic heterocycles. The third-order valence-electron chi connectivity index (χ3n) is 4.17. The summed E-state index contributed by atoms with van der Waals surface area (Å²) in [7, 11) is 0. The Bertz CT molecular complexity index is 880. The van der Waals surface area contributed by atoms with Gasteiger partial charge in [0, 0.05) is 29.9 Å². The molecule has 27 heavy (non-hydrogen) atoms. The predicted molar refractivity (Wildman–Crippen MR) is 93.8 cm³/mol. The normalized spacial score (nSPS) is 14.3. The molecule has 5 nitrogen and oxygen atoms in total. The molecule has 2 heterocycles. The van der Waals surface area contributed by atoms with Crippen LogP contribution in [0.25, 0.3) is 0 Å². The molecule has 9 heteroatoms. The van der Waals surface area contributed by atoms with Crippen molar-refractivity contribution < 1.29 is 22.8 Å². The highest BCUT2D eigenvalue weighted by Gasteiger charge is 2.34. The number of likely N-dealkylation sites (tertiary alicyclic amines) is 1. The average molecular weight is 398 g/mol. The van der Waals surface area contributed by atoms with Gasteiger partial charge in [0.1, 0.15) is 5.69 Å². The largest absolute Gasteiger partial charge is 0.418 e. The van der Waals surface area contributed by atoms with E-state index in [1.54, 1.807) is 4.90 Å². The molecule has 1 aliphatic heterocycles. The summed E-state index contributed by atoms with van der Waals surface area (Å²) in [6, 6.07) is 5.80. The van der Waals surface area contributed by atoms with E-state index in [9.17, 15) is 22.8 Å². The standard InChI is InChI=1S/C18H15ClF3N3O2/c19-12-3-4-14(13(10-12)18(20,21)22)24-16(26)15-9-11(5-6-23-15)17(27)25-7-1-2-8-25/h3-6,9-10H,1-2,7-8H2,(H,24,26). The Balaban J connectivity index is 1.83. The molecule has 1 aliphatic rings. The van der Waals surface area contributed by atoms with E-state index < -0.39 is 23.3 Å². The van der Waals surface area contributed by atoms with Crippen LogP contribution in [-0.4, -0.2) is 34.8 Å². The minimum Gasteiger partial charge on any atom is -0.339 e. The molecule has 2 aromatic rings. The van der Waals surface area contributed by atoms with Crippen LogP contribution >= 0.6 is 11.6 Å². The van der Waals surface area contributed by atoms with Crippen molar-refractivity contribution in [1.29, 1.82) is 0 Å². The van der Waals surface area contributed by atoms with Gasteiger partial charge in [0.25, 0.3) is 11.8 Å². The average Bonchev–Trinajstić information content (AvgIpc) is 3.16. The maximum Gasteiger partial charge on any atom is 0.418 e. The lowest BCUT2D eigenvalue weighted by atomic mass is 10.1. The van der Waals surface area contributed by atoms with E-state index in [0.29, 0.717) is 13.1 Å². The number of carbonyl (C=O) groups excluding carboxylic acids is 2. The van der Waals surface area contributed by atoms with Gasteiger partial charge in [-0.25, -0.2) is 0 Å². The molecular formula is C18H15ClF3N3O2. The third-order valence-corrected chi connectivity index (χ3v) is 4.40. The number of hydrogen-bond acceptors (Lipinski definition) is 3. The van der Waals surface area contributed by atoms with Crippen molar-refractivity contribution in [3.63, 3.8) is 0 Å². The fourth-order valence-corrected chi connectivity index (χ4v) is 3.01. The van der Waals surface area contributed by atoms with Crippen molar-refractivity contribution in [3.05, 3.63) is 58.4 Å². The molecule has 0 aliphatic carbocycles. The summed E-state index contributed by atoms with van der Waals surface area (Å²) >= 11 is 5.63. The van der Waals surface area contributed by atoms with Crippen molar-refractivity contribution >= 4 is 29.1 Å². The Hall–Kier alpha value is -2.61. The summed E-state index contributed by atoms with van der Waals surface area (Å²) in [5.41, 5.74) is -1.38. The van der Waals surface area contributed by atoms with Crippen molar-refractivity contribution in [3.8, 4) is 0 Å². The molecule has 3 rings (SSSR count). The van der Waals surface area contributed by atoms with E-state index in [1.807, 2.05) is 0 Å². The molecule has 1 fully saturated rings. The van der Waals surface area contributed by atoms with Crippen LogP contribution < -0.4 is 5.32 Å². The molecule has 0 radical (unpaired) electrons. The first kappa shape index (κ1) is 19.2. The van der Waals surface area contributed by atoms with Crippen molar-refractivity contribution in [2.75, 3.05) is 18.4 Å². The van der Waals surface area contributed by atoms with E-state index in [2.05, 4.69) is 10.3 Å². The van der Waals surface area contributed by atoms with Gasteiger partial charge in [-0.3, -0.25) is 14.6 Å². The summed E-state index contributed by atoms with van der Waals surface area (Å²) in [6.45, 7) is 1.28. The molecule has 0 atom stereocenters. The number of aromatic nitrogens is 1. The first-order chi connectivity index (χ1) is 12.8. The maximum absolute atomic E-state index is 13.1. The quantitative estimate of drug-likeness (QED) is 0.842. The number of benzene rings is 1. The third kappa shape index (κ3) is 4.39. The van der Waals surface area contributed by atoms with E-state index in [4.69, 9.17) is 11.6 Å². The highest BCUT2D eigenvalue weighted by molar-refractivity contribution is 6.30. The van der Waals surface area contributed by atoms with Crippen LogP contribution in [0.5, 0.6) is 0 Å². The fraction of sp³-hybridized carbons (Fsp3) is 0.278. The van der Waals surface area contributed by atoms with Crippen LogP contribution in [0.1, 0.15) is 39.3 Å². The number of hydrogen-bond donors (Lipinski definition) is 1. The van der Waals surface area contributed by atoms with Gasteiger partial charge in [-0.1, -0.05) is 11.6 Å². The molecule has 0 bridgehead atoms. The highest BCUT2D eigenvalue weighted by Crippen LogP contribution is 2.36. The van der Waals surface area contributed by atoms with Gasteiger partial charge in [0.15, 0.2) is 0 Å². The first-order valence-electron chi connectivity index (χ1n) is 8.19. The molecular weight excluding hydrogens is 383 g/mol. The smallest absolute Gasteiger partial charge is 0.339 e. The van der Waals surface area contributed by atoms with Crippen LogP contribution in [0, 0.1) is 0 Å². The van der Waals surface area contributed by atoms with E-state index >= 15 is 0 Å². The number of anilines is 1. The number of pyridine rings is 1. The molecule has 0 spiro atoms. The van der Waals surface area contributed by atoms with E-state index in [-0.39, 0.29) is 22.2 Å². The van der Waals surface area contributed by atoms with Crippen LogP contribution in [-0.2, 0) is 6.18 Å². The second kappa shape index (κ2) is 7.56. The van der Waals surface area contributed by atoms with Gasteiger partial charge in [-0.15, -0.1) is 0 Å². The Labute approximate surface area is 158 Å². The van der Waals surface area contributed by atoms with Gasteiger partial charge in [0.2, 0.25) is 0 Å². The number of amides is 2. The number of nitrogens with one attached hydrogen (secondary N) is 1. The van der Waals surface area contributed by atoms with E-state index in [1.165, 1.54) is 24.4 Å². The van der Waals surface area contributed by atoms with Crippen molar-refractivity contribution in [2.24, 2.45) is 0 Å². The topological polar surface area (TPSA) is 62.3 Å². The van der Waals surface area contributed by atoms with Crippen LogP contribution in [0.4, 0.5) is 18.9 Å². The van der Waals surface area contributed by atoms with Gasteiger partial charge >= 0.3 is 6.18 Å². The second-order valence-electron chi connectivity index (χ2n) is 6.07.